The third-order valence-electron chi connectivity index (χ3n) is 7.05. The lowest BCUT2D eigenvalue weighted by atomic mass is 9.97. The smallest absolute Gasteiger partial charge is 0.326 e. The average Bonchev–Trinajstić information content (AvgIpc) is 3.37. The highest BCUT2D eigenvalue weighted by molar-refractivity contribution is 7.80. The Morgan fingerprint density at radius 3 is 2.22 bits per heavy atom. The van der Waals surface area contributed by atoms with Gasteiger partial charge in [0.25, 0.3) is 0 Å². The number of carboxylic acids is 1. The number of thiol groups is 1. The number of aromatic nitrogens is 1. The molecule has 3 amide bonds. The molecule has 0 spiro atoms. The van der Waals surface area contributed by atoms with Gasteiger partial charge in [-0.25, -0.2) is 4.79 Å². The van der Waals surface area contributed by atoms with Gasteiger partial charge in [0.05, 0.1) is 6.04 Å². The van der Waals surface area contributed by atoms with Gasteiger partial charge in [0, 0.05) is 29.3 Å². The average molecular weight is 584 g/mol. The molecule has 2 aromatic carbocycles. The fraction of sp³-hybridized carbons (Fsp3) is 0.379. The Kier molecular flexibility index (Phi) is 11.2. The number of para-hydroxylation sites is 1. The van der Waals surface area contributed by atoms with E-state index < -0.39 is 47.9 Å². The second-order valence-corrected chi connectivity index (χ2v) is 10.4. The summed E-state index contributed by atoms with van der Waals surface area (Å²) in [7, 11) is 0. The summed E-state index contributed by atoms with van der Waals surface area (Å²) < 4.78 is 0. The monoisotopic (exact) mass is 583 g/mol. The number of aliphatic carboxylic acids is 1. The van der Waals surface area contributed by atoms with Crippen molar-refractivity contribution in [3.8, 4) is 5.75 Å². The number of carbonyl (C=O) groups is 4. The topological polar surface area (TPSA) is 187 Å². The normalized spacial score (nSPS) is 14.8. The highest BCUT2D eigenvalue weighted by Crippen LogP contribution is 2.19. The Labute approximate surface area is 243 Å². The zero-order chi connectivity index (χ0) is 30.1. The number of nitrogens with one attached hydrogen (secondary N) is 4. The molecule has 0 aliphatic heterocycles. The van der Waals surface area contributed by atoms with Gasteiger partial charge in [0.1, 0.15) is 23.9 Å². The van der Waals surface area contributed by atoms with E-state index in [2.05, 4.69) is 33.6 Å². The van der Waals surface area contributed by atoms with Crippen LogP contribution in [0.4, 0.5) is 0 Å². The Morgan fingerprint density at radius 1 is 0.927 bits per heavy atom. The zero-order valence-electron chi connectivity index (χ0n) is 23.0. The van der Waals surface area contributed by atoms with Crippen LogP contribution in [0, 0.1) is 5.92 Å². The van der Waals surface area contributed by atoms with E-state index in [0.29, 0.717) is 6.42 Å². The largest absolute Gasteiger partial charge is 0.508 e. The van der Waals surface area contributed by atoms with Crippen molar-refractivity contribution in [2.45, 2.75) is 57.3 Å². The van der Waals surface area contributed by atoms with Crippen LogP contribution >= 0.6 is 12.6 Å². The highest BCUT2D eigenvalue weighted by Gasteiger charge is 2.32. The molecule has 220 valence electrons. The summed E-state index contributed by atoms with van der Waals surface area (Å²) in [5.74, 6) is -3.39. The third-order valence-corrected chi connectivity index (χ3v) is 7.42. The number of carboxylic acid groups (broad SMARTS) is 1. The number of aromatic amines is 1. The molecule has 5 unspecified atom stereocenters. The summed E-state index contributed by atoms with van der Waals surface area (Å²) in [6, 6.07) is 9.38. The van der Waals surface area contributed by atoms with Crippen molar-refractivity contribution in [3.05, 3.63) is 65.9 Å². The molecule has 1 aromatic heterocycles. The second kappa shape index (κ2) is 14.6. The predicted octanol–water partition coefficient (Wildman–Crippen LogP) is 1.50. The molecule has 41 heavy (non-hydrogen) atoms. The minimum absolute atomic E-state index is 0.0306. The number of aromatic hydroxyl groups is 1. The van der Waals surface area contributed by atoms with Crippen LogP contribution < -0.4 is 21.7 Å². The molecular formula is C29H37N5O6S. The van der Waals surface area contributed by atoms with E-state index in [0.717, 1.165) is 22.0 Å². The highest BCUT2D eigenvalue weighted by atomic mass is 32.1. The molecule has 0 aliphatic rings. The van der Waals surface area contributed by atoms with Crippen LogP contribution in [0.3, 0.4) is 0 Å². The molecule has 3 rings (SSSR count). The standard InChI is InChI=1S/C29H37N5O6S/c1-3-16(2)25(34-26(36)21(30)12-17-8-10-19(35)11-9-17)28(38)33-24(15-41)27(37)32-23(29(39)40)13-18-14-31-22-7-5-4-6-20(18)22/h4-11,14,16,21,23-25,31,35,41H,3,12-13,15,30H2,1-2H3,(H,32,37)(H,33,38)(H,34,36)(H,39,40). The van der Waals surface area contributed by atoms with Crippen LogP contribution in [0.15, 0.2) is 54.7 Å². The minimum atomic E-state index is -1.25. The maximum absolute atomic E-state index is 13.3. The van der Waals surface area contributed by atoms with Crippen molar-refractivity contribution in [2.75, 3.05) is 5.75 Å². The lowest BCUT2D eigenvalue weighted by molar-refractivity contribution is -0.142. The summed E-state index contributed by atoms with van der Waals surface area (Å²) in [5, 5.41) is 27.9. The first kappa shape index (κ1) is 31.5. The number of rotatable bonds is 14. The van der Waals surface area contributed by atoms with Gasteiger partial charge in [-0.15, -0.1) is 0 Å². The van der Waals surface area contributed by atoms with E-state index in [4.69, 9.17) is 5.73 Å². The van der Waals surface area contributed by atoms with Gasteiger partial charge < -0.3 is 36.9 Å². The third kappa shape index (κ3) is 8.48. The van der Waals surface area contributed by atoms with E-state index in [1.54, 1.807) is 25.3 Å². The van der Waals surface area contributed by atoms with E-state index in [1.165, 1.54) is 12.1 Å². The molecule has 0 bridgehead atoms. The first-order valence-electron chi connectivity index (χ1n) is 13.4. The first-order valence-corrected chi connectivity index (χ1v) is 14.0. The van der Waals surface area contributed by atoms with Crippen molar-refractivity contribution < 1.29 is 29.4 Å². The molecular weight excluding hydrogens is 546 g/mol. The van der Waals surface area contributed by atoms with Crippen LogP contribution in [-0.4, -0.2) is 68.8 Å². The lowest BCUT2D eigenvalue weighted by Gasteiger charge is -2.27. The molecule has 11 nitrogen and oxygen atoms in total. The number of hydrogen-bond donors (Lipinski definition) is 8. The Bertz CT molecular complexity index is 1360. The van der Waals surface area contributed by atoms with Crippen LogP contribution in [0.25, 0.3) is 10.9 Å². The number of carbonyl (C=O) groups excluding carboxylic acids is 3. The number of H-pyrrole nitrogens is 1. The number of fused-ring (bicyclic) bond motifs is 1. The summed E-state index contributed by atoms with van der Waals surface area (Å²) >= 11 is 4.20. The molecule has 0 saturated heterocycles. The van der Waals surface area contributed by atoms with E-state index in [-0.39, 0.29) is 30.3 Å². The Balaban J connectivity index is 1.65. The van der Waals surface area contributed by atoms with Gasteiger partial charge in [-0.2, -0.15) is 12.6 Å². The Morgan fingerprint density at radius 2 is 1.59 bits per heavy atom. The van der Waals surface area contributed by atoms with Crippen molar-refractivity contribution in [3.63, 3.8) is 0 Å². The first-order chi connectivity index (χ1) is 19.5. The van der Waals surface area contributed by atoms with Gasteiger partial charge in [0.2, 0.25) is 17.7 Å². The molecule has 0 aliphatic carbocycles. The maximum Gasteiger partial charge on any atom is 0.326 e. The van der Waals surface area contributed by atoms with Crippen molar-refractivity contribution >= 4 is 47.2 Å². The van der Waals surface area contributed by atoms with Crippen LogP contribution in [-0.2, 0) is 32.0 Å². The van der Waals surface area contributed by atoms with Crippen molar-refractivity contribution in [1.29, 1.82) is 0 Å². The molecule has 5 atom stereocenters. The molecule has 8 N–H and O–H groups in total. The van der Waals surface area contributed by atoms with Crippen molar-refractivity contribution in [1.82, 2.24) is 20.9 Å². The van der Waals surface area contributed by atoms with Crippen LogP contribution in [0.1, 0.15) is 31.4 Å². The van der Waals surface area contributed by atoms with E-state index in [9.17, 15) is 29.4 Å². The zero-order valence-corrected chi connectivity index (χ0v) is 23.9. The van der Waals surface area contributed by atoms with Gasteiger partial charge in [-0.3, -0.25) is 14.4 Å². The predicted molar refractivity (Wildman–Crippen MR) is 159 cm³/mol. The molecule has 3 aromatic rings. The van der Waals surface area contributed by atoms with Gasteiger partial charge in [-0.05, 0) is 41.7 Å². The molecule has 0 radical (unpaired) electrons. The number of benzene rings is 2. The van der Waals surface area contributed by atoms with Crippen LogP contribution in [0.5, 0.6) is 5.75 Å². The van der Waals surface area contributed by atoms with E-state index in [1.807, 2.05) is 31.2 Å². The number of nitrogens with two attached hydrogens (primary N) is 1. The Hall–Kier alpha value is -4.03. The summed E-state index contributed by atoms with van der Waals surface area (Å²) in [6.45, 7) is 3.64. The minimum Gasteiger partial charge on any atom is -0.508 e. The summed E-state index contributed by atoms with van der Waals surface area (Å²) in [5.41, 5.74) is 8.40. The van der Waals surface area contributed by atoms with Gasteiger partial charge >= 0.3 is 5.97 Å². The second-order valence-electron chi connectivity index (χ2n) is 10.1. The van der Waals surface area contributed by atoms with Crippen LogP contribution in [0.2, 0.25) is 0 Å². The number of amides is 3. The fourth-order valence-electron chi connectivity index (χ4n) is 4.39. The maximum atomic E-state index is 13.3. The van der Waals surface area contributed by atoms with Gasteiger partial charge in [0.15, 0.2) is 0 Å². The molecule has 0 saturated carbocycles. The number of phenolic OH excluding ortho intramolecular Hbond substituents is 1. The number of phenols is 1. The molecule has 1 heterocycles. The van der Waals surface area contributed by atoms with Gasteiger partial charge in [-0.1, -0.05) is 50.6 Å². The lowest BCUT2D eigenvalue weighted by Crippen LogP contribution is -2.59. The number of hydrogen-bond acceptors (Lipinski definition) is 7. The summed E-state index contributed by atoms with van der Waals surface area (Å²) in [4.78, 5) is 54.3. The quantitative estimate of drug-likeness (QED) is 0.132. The fourth-order valence-corrected chi connectivity index (χ4v) is 4.65. The molecule has 12 heteroatoms. The van der Waals surface area contributed by atoms with E-state index >= 15 is 0 Å². The van der Waals surface area contributed by atoms with Crippen molar-refractivity contribution in [2.24, 2.45) is 11.7 Å². The summed E-state index contributed by atoms with van der Waals surface area (Å²) in [6.07, 6.45) is 2.48. The molecule has 0 fully saturated rings. The SMILES string of the molecule is CCC(C)C(NC(=O)C(N)Cc1ccc(O)cc1)C(=O)NC(CS)C(=O)NC(Cc1c[nH]c2ccccc12)C(=O)O.